The highest BCUT2D eigenvalue weighted by Gasteiger charge is 2.32. The third kappa shape index (κ3) is 4.18. The topological polar surface area (TPSA) is 94.9 Å². The Kier molecular flexibility index (Phi) is 6.56. The molecule has 2 amide bonds. The summed E-state index contributed by atoms with van der Waals surface area (Å²) in [4.78, 5) is 39.0. The SMILES string of the molecule is C=CCCCN1CN(C)C(=O)c2c(O)c(=O)c(C(=O)NCc3ccc(F)c(F)c3F)cn21. The summed E-state index contributed by atoms with van der Waals surface area (Å²) in [5, 5.41) is 14.3. The van der Waals surface area contributed by atoms with Gasteiger partial charge in [-0.3, -0.25) is 24.1 Å². The van der Waals surface area contributed by atoms with Gasteiger partial charge in [-0.25, -0.2) is 13.2 Å². The number of nitrogens with zero attached hydrogens (tertiary/aromatic N) is 3. The zero-order chi connectivity index (χ0) is 23.6. The van der Waals surface area contributed by atoms with Crippen LogP contribution in [0.4, 0.5) is 13.2 Å². The Labute approximate surface area is 181 Å². The quantitative estimate of drug-likeness (QED) is 0.382. The van der Waals surface area contributed by atoms with E-state index in [0.717, 1.165) is 12.3 Å². The van der Waals surface area contributed by atoms with Crippen molar-refractivity contribution in [3.63, 3.8) is 0 Å². The van der Waals surface area contributed by atoms with Crippen molar-refractivity contribution >= 4 is 11.8 Å². The summed E-state index contributed by atoms with van der Waals surface area (Å²) in [6.07, 6.45) is 4.18. The minimum atomic E-state index is -1.68. The van der Waals surface area contributed by atoms with Crippen molar-refractivity contribution in [2.45, 2.75) is 19.4 Å². The molecule has 11 heteroatoms. The lowest BCUT2D eigenvalue weighted by molar-refractivity contribution is 0.0731. The van der Waals surface area contributed by atoms with Crippen LogP contribution in [-0.4, -0.2) is 46.8 Å². The molecule has 1 aromatic carbocycles. The number of fused-ring (bicyclic) bond motifs is 1. The molecule has 1 aromatic heterocycles. The van der Waals surface area contributed by atoms with Gasteiger partial charge in [0.1, 0.15) is 12.2 Å². The average molecular weight is 450 g/mol. The van der Waals surface area contributed by atoms with E-state index in [1.165, 1.54) is 16.6 Å². The van der Waals surface area contributed by atoms with Crippen molar-refractivity contribution in [2.75, 3.05) is 25.3 Å². The van der Waals surface area contributed by atoms with E-state index in [1.54, 1.807) is 11.1 Å². The zero-order valence-corrected chi connectivity index (χ0v) is 17.2. The van der Waals surface area contributed by atoms with Gasteiger partial charge in [-0.15, -0.1) is 6.58 Å². The number of aromatic nitrogens is 1. The van der Waals surface area contributed by atoms with Crippen LogP contribution in [0, 0.1) is 17.5 Å². The number of carbonyl (C=O) groups is 2. The largest absolute Gasteiger partial charge is 0.502 e. The first-order valence-corrected chi connectivity index (χ1v) is 9.68. The van der Waals surface area contributed by atoms with E-state index >= 15 is 0 Å². The molecule has 1 aliphatic rings. The van der Waals surface area contributed by atoms with Gasteiger partial charge in [0.15, 0.2) is 28.9 Å². The van der Waals surface area contributed by atoms with Crippen LogP contribution in [0.2, 0.25) is 0 Å². The lowest BCUT2D eigenvalue weighted by Crippen LogP contribution is -2.53. The summed E-state index contributed by atoms with van der Waals surface area (Å²) >= 11 is 0. The highest BCUT2D eigenvalue weighted by molar-refractivity contribution is 5.99. The van der Waals surface area contributed by atoms with Gasteiger partial charge in [0.05, 0.1) is 0 Å². The molecule has 0 saturated carbocycles. The smallest absolute Gasteiger partial charge is 0.277 e. The summed E-state index contributed by atoms with van der Waals surface area (Å²) < 4.78 is 41.5. The maximum Gasteiger partial charge on any atom is 0.277 e. The van der Waals surface area contributed by atoms with E-state index in [4.69, 9.17) is 0 Å². The van der Waals surface area contributed by atoms with E-state index in [2.05, 4.69) is 11.9 Å². The highest BCUT2D eigenvalue weighted by atomic mass is 19.2. The van der Waals surface area contributed by atoms with Gasteiger partial charge in [-0.05, 0) is 18.9 Å². The molecule has 2 N–H and O–H groups in total. The minimum absolute atomic E-state index is 0.145. The van der Waals surface area contributed by atoms with Gasteiger partial charge in [-0.2, -0.15) is 0 Å². The molecule has 0 bridgehead atoms. The second-order valence-corrected chi connectivity index (χ2v) is 7.24. The predicted octanol–water partition coefficient (Wildman–Crippen LogP) is 1.85. The maximum absolute atomic E-state index is 13.8. The molecule has 0 radical (unpaired) electrons. The van der Waals surface area contributed by atoms with Crippen LogP contribution in [0.25, 0.3) is 0 Å². The lowest BCUT2D eigenvalue weighted by Gasteiger charge is -2.38. The first kappa shape index (κ1) is 22.9. The fourth-order valence-corrected chi connectivity index (χ4v) is 3.30. The van der Waals surface area contributed by atoms with Gasteiger partial charge in [-0.1, -0.05) is 12.1 Å². The molecule has 0 spiro atoms. The Morgan fingerprint density at radius 2 is 1.97 bits per heavy atom. The number of carbonyl (C=O) groups excluding carboxylic acids is 2. The Morgan fingerprint density at radius 1 is 1.25 bits per heavy atom. The van der Waals surface area contributed by atoms with Crippen molar-refractivity contribution in [2.24, 2.45) is 0 Å². The Balaban J connectivity index is 1.93. The van der Waals surface area contributed by atoms with Crippen LogP contribution in [0.3, 0.4) is 0 Å². The van der Waals surface area contributed by atoms with Crippen molar-refractivity contribution in [3.05, 3.63) is 75.5 Å². The van der Waals surface area contributed by atoms with Gasteiger partial charge < -0.3 is 15.3 Å². The van der Waals surface area contributed by atoms with Crippen molar-refractivity contribution < 1.29 is 27.9 Å². The maximum atomic E-state index is 13.8. The molecule has 1 aliphatic heterocycles. The molecule has 0 saturated heterocycles. The zero-order valence-electron chi connectivity index (χ0n) is 17.2. The second-order valence-electron chi connectivity index (χ2n) is 7.24. The number of pyridine rings is 1. The number of unbranched alkanes of at least 4 members (excludes halogenated alkanes) is 1. The third-order valence-corrected chi connectivity index (χ3v) is 5.02. The van der Waals surface area contributed by atoms with Gasteiger partial charge in [0.2, 0.25) is 5.43 Å². The van der Waals surface area contributed by atoms with Crippen molar-refractivity contribution in [1.29, 1.82) is 0 Å². The van der Waals surface area contributed by atoms with Crippen LogP contribution in [0.5, 0.6) is 5.75 Å². The molecule has 2 aromatic rings. The number of halogens is 3. The summed E-state index contributed by atoms with van der Waals surface area (Å²) in [6.45, 7) is 3.69. The highest BCUT2D eigenvalue weighted by Crippen LogP contribution is 2.21. The van der Waals surface area contributed by atoms with Crippen LogP contribution in [-0.2, 0) is 6.54 Å². The molecular formula is C21H21F3N4O4. The summed E-state index contributed by atoms with van der Waals surface area (Å²) in [7, 11) is 1.51. The predicted molar refractivity (Wildman–Crippen MR) is 109 cm³/mol. The van der Waals surface area contributed by atoms with E-state index in [1.807, 2.05) is 0 Å². The summed E-state index contributed by atoms with van der Waals surface area (Å²) in [6, 6.07) is 1.67. The number of hydrogen-bond donors (Lipinski definition) is 2. The first-order valence-electron chi connectivity index (χ1n) is 9.68. The van der Waals surface area contributed by atoms with Crippen molar-refractivity contribution in [1.82, 2.24) is 14.9 Å². The Morgan fingerprint density at radius 3 is 2.66 bits per heavy atom. The molecule has 3 rings (SSSR count). The van der Waals surface area contributed by atoms with Crippen LogP contribution < -0.4 is 15.8 Å². The number of benzene rings is 1. The number of nitrogens with one attached hydrogen (secondary N) is 1. The van der Waals surface area contributed by atoms with Crippen molar-refractivity contribution in [3.8, 4) is 5.75 Å². The first-order chi connectivity index (χ1) is 15.2. The molecular weight excluding hydrogens is 429 g/mol. The second kappa shape index (κ2) is 9.16. The summed E-state index contributed by atoms with van der Waals surface area (Å²) in [5.74, 6) is -7.00. The van der Waals surface area contributed by atoms with Gasteiger partial charge in [0.25, 0.3) is 11.8 Å². The van der Waals surface area contributed by atoms with Crippen LogP contribution >= 0.6 is 0 Å². The molecule has 8 nitrogen and oxygen atoms in total. The van der Waals surface area contributed by atoms with Crippen LogP contribution in [0.1, 0.15) is 39.3 Å². The van der Waals surface area contributed by atoms with Gasteiger partial charge in [0, 0.05) is 31.9 Å². The summed E-state index contributed by atoms with van der Waals surface area (Å²) in [5.41, 5.74) is -2.21. The van der Waals surface area contributed by atoms with E-state index in [9.17, 15) is 32.7 Å². The van der Waals surface area contributed by atoms with E-state index in [-0.39, 0.29) is 17.9 Å². The standard InChI is InChI=1S/C21H21F3N4O4/c1-3-4-5-8-27-11-26(2)21(32)17-19(30)18(29)13(10-28(17)27)20(31)25-9-12-6-7-14(22)16(24)15(12)23/h3,6-7,10,30H,1,4-5,8-9,11H2,2H3,(H,25,31). The normalized spacial score (nSPS) is 13.2. The molecule has 170 valence electrons. The van der Waals surface area contributed by atoms with E-state index in [0.29, 0.717) is 25.5 Å². The lowest BCUT2D eigenvalue weighted by atomic mass is 10.1. The molecule has 0 atom stereocenters. The van der Waals surface area contributed by atoms with Crippen LogP contribution in [0.15, 0.2) is 35.8 Å². The number of hydrogen-bond acceptors (Lipinski definition) is 5. The molecule has 0 fully saturated rings. The molecule has 2 heterocycles. The molecule has 0 aliphatic carbocycles. The average Bonchev–Trinajstić information content (AvgIpc) is 2.76. The Bertz CT molecular complexity index is 1150. The van der Waals surface area contributed by atoms with Gasteiger partial charge >= 0.3 is 0 Å². The fraction of sp³-hybridized carbons (Fsp3) is 0.286. The number of rotatable bonds is 7. The molecule has 32 heavy (non-hydrogen) atoms. The number of allylic oxidation sites excluding steroid dienone is 1. The number of amides is 2. The Hall–Kier alpha value is -3.76. The number of aromatic hydroxyl groups is 1. The monoisotopic (exact) mass is 450 g/mol. The molecule has 0 unspecified atom stereocenters. The minimum Gasteiger partial charge on any atom is -0.502 e. The fourth-order valence-electron chi connectivity index (χ4n) is 3.30. The van der Waals surface area contributed by atoms with E-state index < -0.39 is 52.6 Å². The third-order valence-electron chi connectivity index (χ3n) is 5.02.